The van der Waals surface area contributed by atoms with Crippen LogP contribution in [-0.2, 0) is 11.3 Å². The fraction of sp³-hybridized carbons (Fsp3) is 0.355. The van der Waals surface area contributed by atoms with E-state index in [1.54, 1.807) is 0 Å². The van der Waals surface area contributed by atoms with Crippen molar-refractivity contribution in [1.82, 2.24) is 14.9 Å². The Morgan fingerprint density at radius 3 is 2.68 bits per heavy atom. The molecular weight excluding hydrogens is 498 g/mol. The van der Waals surface area contributed by atoms with Crippen LogP contribution in [-0.4, -0.2) is 32.6 Å². The van der Waals surface area contributed by atoms with Gasteiger partial charge in [-0.05, 0) is 98.5 Å². The van der Waals surface area contributed by atoms with Crippen LogP contribution in [0.15, 0.2) is 54.6 Å². The molecule has 2 bridgehead atoms. The number of ether oxygens (including phenoxy) is 2. The number of amides is 1. The molecule has 7 rings (SSSR count). The Bertz CT molecular complexity index is 1590. The molecule has 194 valence electrons. The van der Waals surface area contributed by atoms with E-state index in [-0.39, 0.29) is 18.2 Å². The maximum absolute atomic E-state index is 13.1. The van der Waals surface area contributed by atoms with Crippen LogP contribution < -0.4 is 4.74 Å². The summed E-state index contributed by atoms with van der Waals surface area (Å²) in [6.07, 6.45) is 2.91. The quantitative estimate of drug-likeness (QED) is 0.287. The van der Waals surface area contributed by atoms with Gasteiger partial charge in [0, 0.05) is 16.6 Å². The SMILES string of the molecule is CC(C)(C)OC(=O)N1[C@H]2CCC(C2)[C@@H]1c1nc2ccc(-c3ccc4c(c3)OCc3cc(Cl)ccc3-4)cc2[nH]1. The van der Waals surface area contributed by atoms with E-state index in [2.05, 4.69) is 41.4 Å². The van der Waals surface area contributed by atoms with Crippen LogP contribution in [0.25, 0.3) is 33.3 Å². The molecule has 1 saturated carbocycles. The lowest BCUT2D eigenvalue weighted by atomic mass is 9.94. The van der Waals surface area contributed by atoms with Gasteiger partial charge in [-0.3, -0.25) is 4.90 Å². The zero-order valence-corrected chi connectivity index (χ0v) is 22.5. The number of rotatable bonds is 2. The van der Waals surface area contributed by atoms with Crippen LogP contribution in [0.3, 0.4) is 0 Å². The molecule has 2 fully saturated rings. The van der Waals surface area contributed by atoms with Crippen LogP contribution >= 0.6 is 11.6 Å². The fourth-order valence-electron chi connectivity index (χ4n) is 6.41. The summed E-state index contributed by atoms with van der Waals surface area (Å²) in [4.78, 5) is 23.6. The van der Waals surface area contributed by atoms with Crippen LogP contribution in [0.1, 0.15) is 57.5 Å². The average Bonchev–Trinajstić information content (AvgIpc) is 3.61. The van der Waals surface area contributed by atoms with Crippen molar-refractivity contribution in [2.45, 2.75) is 64.3 Å². The predicted octanol–water partition coefficient (Wildman–Crippen LogP) is 7.90. The Kier molecular flexibility index (Phi) is 5.28. The number of hydrogen-bond donors (Lipinski definition) is 1. The molecule has 3 atom stereocenters. The minimum atomic E-state index is -0.528. The highest BCUT2D eigenvalue weighted by Gasteiger charge is 2.51. The maximum atomic E-state index is 13.1. The average molecular weight is 528 g/mol. The van der Waals surface area contributed by atoms with E-state index in [0.717, 1.165) is 74.7 Å². The third-order valence-electron chi connectivity index (χ3n) is 8.03. The van der Waals surface area contributed by atoms with Crippen molar-refractivity contribution in [3.8, 4) is 28.0 Å². The third kappa shape index (κ3) is 3.93. The van der Waals surface area contributed by atoms with Gasteiger partial charge in [0.2, 0.25) is 0 Å². The van der Waals surface area contributed by atoms with E-state index in [1.807, 2.05) is 43.9 Å². The Morgan fingerprint density at radius 1 is 1.05 bits per heavy atom. The molecule has 1 unspecified atom stereocenters. The number of halogens is 1. The molecule has 38 heavy (non-hydrogen) atoms. The lowest BCUT2D eigenvalue weighted by molar-refractivity contribution is 0.00623. The minimum absolute atomic E-state index is 0.0785. The summed E-state index contributed by atoms with van der Waals surface area (Å²) in [7, 11) is 0. The first-order valence-electron chi connectivity index (χ1n) is 13.3. The van der Waals surface area contributed by atoms with Gasteiger partial charge in [0.25, 0.3) is 0 Å². The number of nitrogens with zero attached hydrogens (tertiary/aromatic N) is 2. The van der Waals surface area contributed by atoms with Gasteiger partial charge in [0.15, 0.2) is 0 Å². The van der Waals surface area contributed by atoms with Gasteiger partial charge in [-0.2, -0.15) is 0 Å². The Labute approximate surface area is 226 Å². The fourth-order valence-corrected chi connectivity index (χ4v) is 6.61. The normalized spacial score (nSPS) is 21.8. The molecule has 1 aliphatic carbocycles. The zero-order chi connectivity index (χ0) is 26.2. The number of carbonyl (C=O) groups is 1. The second-order valence-corrected chi connectivity index (χ2v) is 12.2. The smallest absolute Gasteiger partial charge is 0.411 e. The zero-order valence-electron chi connectivity index (χ0n) is 21.8. The number of imidazole rings is 1. The number of piperidine rings is 1. The summed E-state index contributed by atoms with van der Waals surface area (Å²) in [6.45, 7) is 6.25. The van der Waals surface area contributed by atoms with Crippen molar-refractivity contribution in [2.24, 2.45) is 5.92 Å². The molecule has 1 amide bonds. The van der Waals surface area contributed by atoms with E-state index in [0.29, 0.717) is 12.5 Å². The van der Waals surface area contributed by atoms with Gasteiger partial charge < -0.3 is 14.5 Å². The van der Waals surface area contributed by atoms with Crippen LogP contribution in [0.5, 0.6) is 5.75 Å². The Hall–Kier alpha value is -3.51. The number of aromatic amines is 1. The molecular formula is C31H30ClN3O3. The first-order valence-corrected chi connectivity index (χ1v) is 13.7. The highest BCUT2D eigenvalue weighted by atomic mass is 35.5. The predicted molar refractivity (Wildman–Crippen MR) is 148 cm³/mol. The largest absolute Gasteiger partial charge is 0.488 e. The number of likely N-dealkylation sites (tertiary alicyclic amines) is 1. The summed E-state index contributed by atoms with van der Waals surface area (Å²) >= 11 is 6.18. The first-order chi connectivity index (χ1) is 18.2. The van der Waals surface area contributed by atoms with Crippen molar-refractivity contribution in [3.05, 3.63) is 71.0 Å². The van der Waals surface area contributed by atoms with Crippen molar-refractivity contribution in [2.75, 3.05) is 0 Å². The van der Waals surface area contributed by atoms with E-state index < -0.39 is 5.60 Å². The van der Waals surface area contributed by atoms with E-state index >= 15 is 0 Å². The molecule has 3 aliphatic rings. The molecule has 7 heteroatoms. The van der Waals surface area contributed by atoms with Crippen molar-refractivity contribution >= 4 is 28.7 Å². The molecule has 0 radical (unpaired) electrons. The van der Waals surface area contributed by atoms with E-state index in [9.17, 15) is 4.79 Å². The van der Waals surface area contributed by atoms with Crippen LogP contribution in [0.4, 0.5) is 4.79 Å². The number of carbonyl (C=O) groups excluding carboxylic acids is 1. The molecule has 1 saturated heterocycles. The molecule has 4 aromatic rings. The maximum Gasteiger partial charge on any atom is 0.411 e. The van der Waals surface area contributed by atoms with Gasteiger partial charge in [-0.15, -0.1) is 0 Å². The highest BCUT2D eigenvalue weighted by Crippen LogP contribution is 2.50. The number of aromatic nitrogens is 2. The van der Waals surface area contributed by atoms with Gasteiger partial charge in [0.1, 0.15) is 23.8 Å². The van der Waals surface area contributed by atoms with Gasteiger partial charge >= 0.3 is 6.09 Å². The Balaban J connectivity index is 1.21. The number of hydrogen-bond acceptors (Lipinski definition) is 4. The van der Waals surface area contributed by atoms with Crippen molar-refractivity contribution < 1.29 is 14.3 Å². The lowest BCUT2D eigenvalue weighted by Crippen LogP contribution is -2.43. The summed E-state index contributed by atoms with van der Waals surface area (Å²) in [5, 5.41) is 0.722. The minimum Gasteiger partial charge on any atom is -0.488 e. The standard InChI is InChI=1S/C31H30ClN3O3/c1-31(2,3)38-30(36)35-22-8-4-19(13-22)28(35)29-33-25-11-6-17(14-26(25)34-29)18-5-9-24-23-10-7-21(32)12-20(23)16-37-27(24)15-18/h5-7,9-12,14-15,19,22,28H,4,8,13,16H2,1-3H3,(H,33,34)/t19?,22-,28+/m0/s1. The monoisotopic (exact) mass is 527 g/mol. The van der Waals surface area contributed by atoms with E-state index in [1.165, 1.54) is 0 Å². The number of benzene rings is 3. The van der Waals surface area contributed by atoms with Crippen molar-refractivity contribution in [3.63, 3.8) is 0 Å². The van der Waals surface area contributed by atoms with E-state index in [4.69, 9.17) is 26.1 Å². The topological polar surface area (TPSA) is 67.4 Å². The lowest BCUT2D eigenvalue weighted by Gasteiger charge is -2.35. The molecule has 0 spiro atoms. The van der Waals surface area contributed by atoms with Gasteiger partial charge in [-0.1, -0.05) is 35.9 Å². The van der Waals surface area contributed by atoms with Gasteiger partial charge in [0.05, 0.1) is 17.1 Å². The number of H-pyrrole nitrogens is 1. The molecule has 3 aromatic carbocycles. The second kappa shape index (κ2) is 8.50. The molecule has 1 aromatic heterocycles. The van der Waals surface area contributed by atoms with Crippen LogP contribution in [0, 0.1) is 5.92 Å². The molecule has 6 nitrogen and oxygen atoms in total. The number of nitrogens with one attached hydrogen (secondary N) is 1. The van der Waals surface area contributed by atoms with Crippen molar-refractivity contribution in [1.29, 1.82) is 0 Å². The summed E-state index contributed by atoms with van der Waals surface area (Å²) in [5.41, 5.74) is 6.84. The second-order valence-electron chi connectivity index (χ2n) is 11.7. The summed E-state index contributed by atoms with van der Waals surface area (Å²) in [6, 6.07) is 18.7. The third-order valence-corrected chi connectivity index (χ3v) is 8.26. The molecule has 2 aliphatic heterocycles. The highest BCUT2D eigenvalue weighted by molar-refractivity contribution is 6.30. The summed E-state index contributed by atoms with van der Waals surface area (Å²) in [5.74, 6) is 2.13. The van der Waals surface area contributed by atoms with Gasteiger partial charge in [-0.25, -0.2) is 9.78 Å². The number of fused-ring (bicyclic) bond motifs is 6. The van der Waals surface area contributed by atoms with Crippen LogP contribution in [0.2, 0.25) is 5.02 Å². The molecule has 1 N–H and O–H groups in total. The summed E-state index contributed by atoms with van der Waals surface area (Å²) < 4.78 is 11.9. The first kappa shape index (κ1) is 23.6. The molecule has 3 heterocycles. The Morgan fingerprint density at radius 2 is 1.84 bits per heavy atom.